The largest absolute Gasteiger partial charge is 0.573 e. The van der Waals surface area contributed by atoms with E-state index in [0.717, 1.165) is 23.1 Å². The Morgan fingerprint density at radius 1 is 1.23 bits per heavy atom. The summed E-state index contributed by atoms with van der Waals surface area (Å²) in [4.78, 5) is 15.4. The second kappa shape index (κ2) is 7.97. The lowest BCUT2D eigenvalue weighted by atomic mass is 9.99. The third kappa shape index (κ3) is 4.31. The van der Waals surface area contributed by atoms with Gasteiger partial charge in [0.2, 0.25) is 5.76 Å². The number of aromatic nitrogens is 1. The number of rotatable bonds is 5. The zero-order chi connectivity index (χ0) is 22.1. The van der Waals surface area contributed by atoms with E-state index in [1.54, 1.807) is 0 Å². The minimum Gasteiger partial charge on any atom is -0.501 e. The van der Waals surface area contributed by atoms with Crippen LogP contribution < -0.4 is 4.74 Å². The molecular formula is C18H12F5N3O4. The highest BCUT2D eigenvalue weighted by atomic mass is 19.4. The Labute approximate surface area is 165 Å². The Hall–Kier alpha value is -3.70. The Morgan fingerprint density at radius 3 is 2.57 bits per heavy atom. The van der Waals surface area contributed by atoms with Crippen molar-refractivity contribution in [2.45, 2.75) is 12.4 Å². The zero-order valence-electron chi connectivity index (χ0n) is 14.8. The van der Waals surface area contributed by atoms with E-state index in [0.29, 0.717) is 12.1 Å². The highest BCUT2D eigenvalue weighted by Crippen LogP contribution is 2.36. The van der Waals surface area contributed by atoms with Crippen LogP contribution in [0.15, 0.2) is 60.3 Å². The Bertz CT molecular complexity index is 1040. The van der Waals surface area contributed by atoms with Crippen molar-refractivity contribution in [1.82, 2.24) is 9.88 Å². The molecular weight excluding hydrogens is 417 g/mol. The number of halogens is 5. The molecule has 0 fully saturated rings. The Balaban J connectivity index is 2.15. The first-order valence-corrected chi connectivity index (χ1v) is 8.25. The predicted molar refractivity (Wildman–Crippen MR) is 91.6 cm³/mol. The van der Waals surface area contributed by atoms with E-state index >= 15 is 0 Å². The van der Waals surface area contributed by atoms with E-state index in [4.69, 9.17) is 0 Å². The number of aliphatic hydroxyl groups excluding tert-OH is 1. The van der Waals surface area contributed by atoms with Crippen LogP contribution in [-0.2, 0) is 0 Å². The summed E-state index contributed by atoms with van der Waals surface area (Å²) in [5, 5.41) is 21.4. The van der Waals surface area contributed by atoms with Gasteiger partial charge in [0.25, 0.3) is 0 Å². The molecule has 0 bridgehead atoms. The van der Waals surface area contributed by atoms with Crippen LogP contribution in [0.5, 0.6) is 5.75 Å². The van der Waals surface area contributed by atoms with Gasteiger partial charge in [-0.05, 0) is 41.3 Å². The zero-order valence-corrected chi connectivity index (χ0v) is 14.8. The molecule has 0 unspecified atom stereocenters. The van der Waals surface area contributed by atoms with E-state index in [1.165, 1.54) is 18.3 Å². The predicted octanol–water partition coefficient (Wildman–Crippen LogP) is 4.22. The number of nitro groups is 1. The minimum atomic E-state index is -5.14. The van der Waals surface area contributed by atoms with Gasteiger partial charge in [-0.3, -0.25) is 4.98 Å². The van der Waals surface area contributed by atoms with Gasteiger partial charge in [-0.1, -0.05) is 6.07 Å². The maximum absolute atomic E-state index is 14.5. The van der Waals surface area contributed by atoms with Crippen molar-refractivity contribution in [3.05, 3.63) is 93.3 Å². The summed E-state index contributed by atoms with van der Waals surface area (Å²) in [6.45, 7) is -0.191. The van der Waals surface area contributed by atoms with E-state index in [9.17, 15) is 37.2 Å². The maximum atomic E-state index is 14.5. The molecule has 0 radical (unpaired) electrons. The quantitative estimate of drug-likeness (QED) is 0.435. The number of hydrogen-bond donors (Lipinski definition) is 1. The molecule has 2 aromatic rings. The SMILES string of the molecule is O=[N+]([O-])C1=C(O)C=CCN1[C@@H](c1ccc(OC(F)(F)F)c(F)c1)c1ncccc1F. The monoisotopic (exact) mass is 429 g/mol. The van der Waals surface area contributed by atoms with Crippen molar-refractivity contribution in [2.24, 2.45) is 0 Å². The minimum absolute atomic E-state index is 0.151. The van der Waals surface area contributed by atoms with Gasteiger partial charge < -0.3 is 20.0 Å². The number of pyridine rings is 1. The first kappa shape index (κ1) is 21.0. The van der Waals surface area contributed by atoms with Crippen LogP contribution in [0, 0.1) is 21.7 Å². The van der Waals surface area contributed by atoms with Gasteiger partial charge in [-0.2, -0.15) is 0 Å². The van der Waals surface area contributed by atoms with Gasteiger partial charge in [0.1, 0.15) is 18.1 Å². The summed E-state index contributed by atoms with van der Waals surface area (Å²) in [5.74, 6) is -4.98. The van der Waals surface area contributed by atoms with Crippen molar-refractivity contribution in [3.8, 4) is 5.75 Å². The summed E-state index contributed by atoms with van der Waals surface area (Å²) < 4.78 is 69.5. The molecule has 158 valence electrons. The van der Waals surface area contributed by atoms with Gasteiger partial charge >= 0.3 is 12.2 Å². The van der Waals surface area contributed by atoms with Crippen molar-refractivity contribution in [3.63, 3.8) is 0 Å². The van der Waals surface area contributed by atoms with E-state index in [2.05, 4.69) is 9.72 Å². The molecule has 1 atom stereocenters. The van der Waals surface area contributed by atoms with Crippen LogP contribution in [0.25, 0.3) is 0 Å². The smallest absolute Gasteiger partial charge is 0.501 e. The third-order valence-electron chi connectivity index (χ3n) is 4.11. The van der Waals surface area contributed by atoms with Crippen LogP contribution in [0.4, 0.5) is 22.0 Å². The Kier molecular flexibility index (Phi) is 5.58. The summed E-state index contributed by atoms with van der Waals surface area (Å²) in [6.07, 6.45) is -1.53. The second-order valence-corrected chi connectivity index (χ2v) is 6.03. The van der Waals surface area contributed by atoms with E-state index in [1.807, 2.05) is 0 Å². The molecule has 1 aliphatic rings. The van der Waals surface area contributed by atoms with Crippen molar-refractivity contribution in [2.75, 3.05) is 6.54 Å². The molecule has 3 rings (SSSR count). The number of hydrogen-bond acceptors (Lipinski definition) is 6. The van der Waals surface area contributed by atoms with Gasteiger partial charge in [-0.15, -0.1) is 13.2 Å². The van der Waals surface area contributed by atoms with Crippen molar-refractivity contribution < 1.29 is 36.7 Å². The molecule has 0 aliphatic carbocycles. The summed E-state index contributed by atoms with van der Waals surface area (Å²) in [6, 6.07) is 3.13. The molecule has 1 aromatic heterocycles. The first-order valence-electron chi connectivity index (χ1n) is 8.25. The topological polar surface area (TPSA) is 88.7 Å². The lowest BCUT2D eigenvalue weighted by Gasteiger charge is -2.29. The summed E-state index contributed by atoms with van der Waals surface area (Å²) in [5.41, 5.74) is -0.508. The van der Waals surface area contributed by atoms with Crippen LogP contribution in [0.3, 0.4) is 0 Å². The van der Waals surface area contributed by atoms with Gasteiger partial charge in [0, 0.05) is 11.8 Å². The highest BCUT2D eigenvalue weighted by Gasteiger charge is 2.39. The Morgan fingerprint density at radius 2 is 1.97 bits per heavy atom. The molecule has 0 saturated heterocycles. The molecule has 30 heavy (non-hydrogen) atoms. The highest BCUT2D eigenvalue weighted by molar-refractivity contribution is 5.37. The van der Waals surface area contributed by atoms with Crippen LogP contribution in [0.1, 0.15) is 17.3 Å². The molecule has 12 heteroatoms. The average Bonchev–Trinajstić information content (AvgIpc) is 2.64. The van der Waals surface area contributed by atoms with Crippen LogP contribution in [0.2, 0.25) is 0 Å². The molecule has 7 nitrogen and oxygen atoms in total. The first-order chi connectivity index (χ1) is 14.1. The average molecular weight is 429 g/mol. The van der Waals surface area contributed by atoms with E-state index in [-0.39, 0.29) is 17.8 Å². The number of aliphatic hydroxyl groups is 1. The molecule has 0 amide bonds. The fourth-order valence-corrected chi connectivity index (χ4v) is 2.99. The third-order valence-corrected chi connectivity index (χ3v) is 4.11. The second-order valence-electron chi connectivity index (χ2n) is 6.03. The lowest BCUT2D eigenvalue weighted by Crippen LogP contribution is -2.36. The van der Waals surface area contributed by atoms with Crippen LogP contribution in [-0.4, -0.2) is 32.8 Å². The molecule has 1 aliphatic heterocycles. The fraction of sp³-hybridized carbons (Fsp3) is 0.167. The number of benzene rings is 1. The fourth-order valence-electron chi connectivity index (χ4n) is 2.99. The van der Waals surface area contributed by atoms with Gasteiger partial charge in [0.05, 0.1) is 0 Å². The number of nitrogens with zero attached hydrogens (tertiary/aromatic N) is 3. The van der Waals surface area contributed by atoms with Crippen molar-refractivity contribution >= 4 is 0 Å². The van der Waals surface area contributed by atoms with E-state index < -0.39 is 46.3 Å². The van der Waals surface area contributed by atoms with Gasteiger partial charge in [0.15, 0.2) is 17.6 Å². The molecule has 0 saturated carbocycles. The molecule has 1 N–H and O–H groups in total. The normalized spacial score (nSPS) is 15.3. The molecule has 1 aromatic carbocycles. The number of alkyl halides is 3. The lowest BCUT2D eigenvalue weighted by molar-refractivity contribution is -0.450. The molecule has 0 spiro atoms. The standard InChI is InChI=1S/C18H12F5N3O4/c19-11-3-1-7-24-15(11)16(25-8-2-4-13(27)17(25)26(28)29)10-5-6-14(12(20)9-10)30-18(21,22)23/h1-7,9,16,27H,8H2/t16-/m0/s1. The number of ether oxygens (including phenoxy) is 1. The van der Waals surface area contributed by atoms with Gasteiger partial charge in [-0.25, -0.2) is 13.7 Å². The van der Waals surface area contributed by atoms with Crippen molar-refractivity contribution in [1.29, 1.82) is 0 Å². The number of allylic oxidation sites excluding steroid dienone is 1. The van der Waals surface area contributed by atoms with Crippen LogP contribution >= 0.6 is 0 Å². The maximum Gasteiger partial charge on any atom is 0.573 e. The molecule has 2 heterocycles. The summed E-state index contributed by atoms with van der Waals surface area (Å²) in [7, 11) is 0. The summed E-state index contributed by atoms with van der Waals surface area (Å²) >= 11 is 0.